The predicted molar refractivity (Wildman–Crippen MR) is 82.8 cm³/mol. The molecule has 1 atom stereocenters. The number of fused-ring (bicyclic) bond motifs is 1. The summed E-state index contributed by atoms with van der Waals surface area (Å²) in [6, 6.07) is 6.18. The van der Waals surface area contributed by atoms with Crippen molar-refractivity contribution in [3.8, 4) is 0 Å². The van der Waals surface area contributed by atoms with Gasteiger partial charge in [0.05, 0.1) is 0 Å². The van der Waals surface area contributed by atoms with Gasteiger partial charge in [-0.1, -0.05) is 28.1 Å². The SMILES string of the molecule is CNC(=S)NNC(=O)CC1CCc2c(Br)cccc21. The number of hydrazine groups is 1. The Labute approximate surface area is 126 Å². The van der Waals surface area contributed by atoms with E-state index in [0.29, 0.717) is 11.5 Å². The Balaban J connectivity index is 1.94. The van der Waals surface area contributed by atoms with Crippen LogP contribution in [0, 0.1) is 0 Å². The van der Waals surface area contributed by atoms with E-state index in [4.69, 9.17) is 12.2 Å². The quantitative estimate of drug-likeness (QED) is 0.568. The molecule has 0 saturated carbocycles. The minimum Gasteiger partial charge on any atom is -0.364 e. The van der Waals surface area contributed by atoms with Crippen LogP contribution in [0.15, 0.2) is 22.7 Å². The minimum atomic E-state index is -0.0459. The Bertz CT molecular complexity index is 507. The first-order chi connectivity index (χ1) is 9.11. The zero-order chi connectivity index (χ0) is 13.8. The van der Waals surface area contributed by atoms with Crippen molar-refractivity contribution in [2.75, 3.05) is 7.05 Å². The summed E-state index contributed by atoms with van der Waals surface area (Å²) in [6.07, 6.45) is 2.52. The largest absolute Gasteiger partial charge is 0.364 e. The number of hydrogen-bond donors (Lipinski definition) is 3. The topological polar surface area (TPSA) is 53.2 Å². The summed E-state index contributed by atoms with van der Waals surface area (Å²) in [4.78, 5) is 11.8. The van der Waals surface area contributed by atoms with Crippen molar-refractivity contribution in [2.45, 2.75) is 25.2 Å². The molecule has 0 fully saturated rings. The molecule has 1 aliphatic rings. The Hall–Kier alpha value is -1.14. The Kier molecular flexibility index (Phi) is 4.76. The van der Waals surface area contributed by atoms with Crippen LogP contribution in [0.1, 0.15) is 29.9 Å². The number of halogens is 1. The van der Waals surface area contributed by atoms with E-state index in [2.05, 4.69) is 38.2 Å². The third kappa shape index (κ3) is 3.45. The van der Waals surface area contributed by atoms with Gasteiger partial charge in [0.2, 0.25) is 5.91 Å². The van der Waals surface area contributed by atoms with Crippen molar-refractivity contribution >= 4 is 39.2 Å². The molecular formula is C13H16BrN3OS. The lowest BCUT2D eigenvalue weighted by atomic mass is 9.98. The first-order valence-electron chi connectivity index (χ1n) is 6.15. The predicted octanol–water partition coefficient (Wildman–Crippen LogP) is 1.99. The molecule has 6 heteroatoms. The van der Waals surface area contributed by atoms with E-state index >= 15 is 0 Å². The fourth-order valence-electron chi connectivity index (χ4n) is 2.37. The molecule has 2 rings (SSSR count). The molecule has 102 valence electrons. The van der Waals surface area contributed by atoms with E-state index in [-0.39, 0.29) is 11.8 Å². The zero-order valence-electron chi connectivity index (χ0n) is 10.6. The molecule has 0 heterocycles. The van der Waals surface area contributed by atoms with Crippen molar-refractivity contribution in [2.24, 2.45) is 0 Å². The first-order valence-corrected chi connectivity index (χ1v) is 7.35. The average molecular weight is 342 g/mol. The van der Waals surface area contributed by atoms with Crippen LogP contribution in [0.3, 0.4) is 0 Å². The van der Waals surface area contributed by atoms with Gasteiger partial charge in [0, 0.05) is 17.9 Å². The highest BCUT2D eigenvalue weighted by molar-refractivity contribution is 9.10. The minimum absolute atomic E-state index is 0.0459. The second-order valence-corrected chi connectivity index (χ2v) is 5.76. The lowest BCUT2D eigenvalue weighted by Crippen LogP contribution is -2.45. The highest BCUT2D eigenvalue weighted by atomic mass is 79.9. The standard InChI is InChI=1S/C13H16BrN3OS/c1-15-13(19)17-16-12(18)7-8-5-6-10-9(8)3-2-4-11(10)14/h2-4,8H,5-7H2,1H3,(H,16,18)(H2,15,17,19). The van der Waals surface area contributed by atoms with E-state index in [0.717, 1.165) is 17.3 Å². The number of thiocarbonyl (C=S) groups is 1. The van der Waals surface area contributed by atoms with Crippen molar-refractivity contribution in [3.05, 3.63) is 33.8 Å². The van der Waals surface area contributed by atoms with Gasteiger partial charge in [-0.2, -0.15) is 0 Å². The van der Waals surface area contributed by atoms with E-state index in [1.807, 2.05) is 12.1 Å². The molecule has 1 aromatic rings. The van der Waals surface area contributed by atoms with Gasteiger partial charge in [0.1, 0.15) is 0 Å². The maximum Gasteiger partial charge on any atom is 0.238 e. The van der Waals surface area contributed by atoms with Gasteiger partial charge in [-0.25, -0.2) is 0 Å². The summed E-state index contributed by atoms with van der Waals surface area (Å²) in [6.45, 7) is 0. The van der Waals surface area contributed by atoms with E-state index in [1.54, 1.807) is 7.05 Å². The maximum absolute atomic E-state index is 11.8. The lowest BCUT2D eigenvalue weighted by molar-refractivity contribution is -0.122. The zero-order valence-corrected chi connectivity index (χ0v) is 13.0. The summed E-state index contributed by atoms with van der Waals surface area (Å²) in [5.74, 6) is 0.243. The molecule has 0 saturated heterocycles. The molecule has 0 aliphatic heterocycles. The van der Waals surface area contributed by atoms with E-state index < -0.39 is 0 Å². The van der Waals surface area contributed by atoms with E-state index in [1.165, 1.54) is 11.1 Å². The summed E-state index contributed by atoms with van der Waals surface area (Å²) in [5, 5.41) is 3.14. The molecule has 3 N–H and O–H groups in total. The normalized spacial score (nSPS) is 16.6. The van der Waals surface area contributed by atoms with Crippen LogP contribution in [0.4, 0.5) is 0 Å². The van der Waals surface area contributed by atoms with Gasteiger partial charge in [-0.05, 0) is 48.2 Å². The molecule has 19 heavy (non-hydrogen) atoms. The third-order valence-corrected chi connectivity index (χ3v) is 4.36. The maximum atomic E-state index is 11.8. The molecule has 1 amide bonds. The number of hydrogen-bond acceptors (Lipinski definition) is 2. The number of amides is 1. The molecule has 1 aliphatic carbocycles. The van der Waals surface area contributed by atoms with Crippen LogP contribution >= 0.6 is 28.1 Å². The summed E-state index contributed by atoms with van der Waals surface area (Å²) < 4.78 is 1.14. The van der Waals surface area contributed by atoms with Crippen LogP contribution in [0.2, 0.25) is 0 Å². The molecule has 0 radical (unpaired) electrons. The van der Waals surface area contributed by atoms with Gasteiger partial charge < -0.3 is 5.32 Å². The fraction of sp³-hybridized carbons (Fsp3) is 0.385. The van der Waals surface area contributed by atoms with Crippen molar-refractivity contribution in [3.63, 3.8) is 0 Å². The molecule has 1 unspecified atom stereocenters. The summed E-state index contributed by atoms with van der Waals surface area (Å²) >= 11 is 8.46. The van der Waals surface area contributed by atoms with Crippen LogP contribution in [-0.2, 0) is 11.2 Å². The van der Waals surface area contributed by atoms with Crippen molar-refractivity contribution in [1.82, 2.24) is 16.2 Å². The van der Waals surface area contributed by atoms with Crippen LogP contribution in [0.5, 0.6) is 0 Å². The Morgan fingerprint density at radius 3 is 3.00 bits per heavy atom. The second-order valence-electron chi connectivity index (χ2n) is 4.50. The molecule has 4 nitrogen and oxygen atoms in total. The van der Waals surface area contributed by atoms with Crippen molar-refractivity contribution in [1.29, 1.82) is 0 Å². The molecule has 1 aromatic carbocycles. The van der Waals surface area contributed by atoms with Crippen LogP contribution in [-0.4, -0.2) is 18.1 Å². The lowest BCUT2D eigenvalue weighted by Gasteiger charge is -2.13. The second kappa shape index (κ2) is 6.34. The van der Waals surface area contributed by atoms with Gasteiger partial charge in [0.15, 0.2) is 5.11 Å². The molecule has 0 bridgehead atoms. The van der Waals surface area contributed by atoms with E-state index in [9.17, 15) is 4.79 Å². The summed E-state index contributed by atoms with van der Waals surface area (Å²) in [7, 11) is 1.70. The van der Waals surface area contributed by atoms with Crippen molar-refractivity contribution < 1.29 is 4.79 Å². The highest BCUT2D eigenvalue weighted by Crippen LogP contribution is 2.38. The smallest absolute Gasteiger partial charge is 0.238 e. The number of nitrogens with one attached hydrogen (secondary N) is 3. The first kappa shape index (κ1) is 14.3. The van der Waals surface area contributed by atoms with Crippen LogP contribution < -0.4 is 16.2 Å². The van der Waals surface area contributed by atoms with Gasteiger partial charge >= 0.3 is 0 Å². The Morgan fingerprint density at radius 1 is 1.47 bits per heavy atom. The van der Waals surface area contributed by atoms with Gasteiger partial charge in [0.25, 0.3) is 0 Å². The van der Waals surface area contributed by atoms with Gasteiger partial charge in [-0.3, -0.25) is 15.6 Å². The molecule has 0 aromatic heterocycles. The number of carbonyl (C=O) groups is 1. The highest BCUT2D eigenvalue weighted by Gasteiger charge is 2.25. The van der Waals surface area contributed by atoms with Gasteiger partial charge in [-0.15, -0.1) is 0 Å². The monoisotopic (exact) mass is 341 g/mol. The number of carbonyl (C=O) groups excluding carboxylic acids is 1. The summed E-state index contributed by atoms with van der Waals surface area (Å²) in [5.41, 5.74) is 7.87. The average Bonchev–Trinajstić information content (AvgIpc) is 2.81. The molecule has 0 spiro atoms. The Morgan fingerprint density at radius 2 is 2.26 bits per heavy atom. The molecular weight excluding hydrogens is 326 g/mol. The third-order valence-electron chi connectivity index (χ3n) is 3.31. The fourth-order valence-corrected chi connectivity index (χ4v) is 3.00. The number of benzene rings is 1. The van der Waals surface area contributed by atoms with Crippen LogP contribution in [0.25, 0.3) is 0 Å². The number of rotatable bonds is 2.